The van der Waals surface area contributed by atoms with Crippen LogP contribution in [-0.2, 0) is 9.59 Å². The Hall–Kier alpha value is -3.44. The standard InChI is InChI=1S/C27H21IN2O5S/c1-3-35-18-10-6-16(7-11-18)24(31)22-23(15-4-8-17(28)9-5-15)30(26(33)25(22)32)27-29-20-13-12-19(34-2)14-21(20)36-27/h4-14,23,31H,3H2,1-2H3/b24-22+. The number of aliphatic hydroxyl groups excluding tert-OH is 1. The van der Waals surface area contributed by atoms with Gasteiger partial charge in [0.1, 0.15) is 17.3 Å². The zero-order valence-corrected chi connectivity index (χ0v) is 22.4. The average Bonchev–Trinajstić information content (AvgIpc) is 3.42. The van der Waals surface area contributed by atoms with Crippen LogP contribution < -0.4 is 14.4 Å². The molecule has 1 fully saturated rings. The van der Waals surface area contributed by atoms with Gasteiger partial charge in [0, 0.05) is 9.13 Å². The largest absolute Gasteiger partial charge is 0.507 e. The number of ether oxygens (including phenoxy) is 2. The summed E-state index contributed by atoms with van der Waals surface area (Å²) < 4.78 is 12.6. The van der Waals surface area contributed by atoms with Gasteiger partial charge < -0.3 is 14.6 Å². The molecule has 0 bridgehead atoms. The van der Waals surface area contributed by atoms with E-state index in [2.05, 4.69) is 27.6 Å². The van der Waals surface area contributed by atoms with Crippen molar-refractivity contribution in [3.63, 3.8) is 0 Å². The number of hydrogen-bond donors (Lipinski definition) is 1. The molecule has 0 saturated carbocycles. The van der Waals surface area contributed by atoms with Gasteiger partial charge in [-0.1, -0.05) is 23.5 Å². The highest BCUT2D eigenvalue weighted by atomic mass is 127. The van der Waals surface area contributed by atoms with Crippen molar-refractivity contribution >= 4 is 66.7 Å². The number of nitrogens with zero attached hydrogens (tertiary/aromatic N) is 2. The van der Waals surface area contributed by atoms with Gasteiger partial charge in [0.15, 0.2) is 5.13 Å². The second-order valence-electron chi connectivity index (χ2n) is 8.01. The van der Waals surface area contributed by atoms with Crippen LogP contribution in [0.1, 0.15) is 24.1 Å². The first kappa shape index (κ1) is 24.3. The van der Waals surface area contributed by atoms with Gasteiger partial charge in [-0.2, -0.15) is 0 Å². The molecule has 1 aliphatic rings. The van der Waals surface area contributed by atoms with Crippen LogP contribution in [0.3, 0.4) is 0 Å². The Morgan fingerprint density at radius 1 is 1.06 bits per heavy atom. The molecule has 36 heavy (non-hydrogen) atoms. The van der Waals surface area contributed by atoms with Crippen LogP contribution >= 0.6 is 33.9 Å². The minimum atomic E-state index is -0.837. The molecule has 1 aromatic heterocycles. The highest BCUT2D eigenvalue weighted by Gasteiger charge is 2.48. The van der Waals surface area contributed by atoms with Crippen LogP contribution in [0.4, 0.5) is 5.13 Å². The molecule has 0 aliphatic carbocycles. The first-order valence-electron chi connectivity index (χ1n) is 11.2. The van der Waals surface area contributed by atoms with Crippen LogP contribution in [-0.4, -0.2) is 35.5 Å². The van der Waals surface area contributed by atoms with Gasteiger partial charge in [-0.15, -0.1) is 0 Å². The van der Waals surface area contributed by atoms with Gasteiger partial charge in [0.05, 0.1) is 35.5 Å². The molecular weight excluding hydrogens is 591 g/mol. The van der Waals surface area contributed by atoms with E-state index < -0.39 is 17.7 Å². The number of anilines is 1. The maximum atomic E-state index is 13.4. The summed E-state index contributed by atoms with van der Waals surface area (Å²) >= 11 is 3.48. The summed E-state index contributed by atoms with van der Waals surface area (Å²) in [7, 11) is 1.58. The molecule has 3 aromatic carbocycles. The Labute approximate surface area is 225 Å². The Balaban J connectivity index is 1.67. The van der Waals surface area contributed by atoms with E-state index in [1.165, 1.54) is 16.2 Å². The molecule has 1 aliphatic heterocycles. The van der Waals surface area contributed by atoms with Crippen molar-refractivity contribution < 1.29 is 24.2 Å². The number of fused-ring (bicyclic) bond motifs is 1. The summed E-state index contributed by atoms with van der Waals surface area (Å²) in [6.07, 6.45) is 0. The van der Waals surface area contributed by atoms with E-state index in [0.717, 1.165) is 8.27 Å². The summed E-state index contributed by atoms with van der Waals surface area (Å²) in [5, 5.41) is 11.7. The second-order valence-corrected chi connectivity index (χ2v) is 10.3. The summed E-state index contributed by atoms with van der Waals surface area (Å²) in [4.78, 5) is 32.8. The van der Waals surface area contributed by atoms with Gasteiger partial charge >= 0.3 is 5.91 Å². The molecular formula is C27H21IN2O5S. The number of methoxy groups -OCH3 is 1. The molecule has 182 valence electrons. The number of ketones is 1. The predicted octanol–water partition coefficient (Wildman–Crippen LogP) is 5.93. The number of carbonyl (C=O) groups is 2. The molecule has 1 atom stereocenters. The lowest BCUT2D eigenvalue weighted by atomic mass is 9.95. The van der Waals surface area contributed by atoms with Crippen LogP contribution in [0.5, 0.6) is 11.5 Å². The topological polar surface area (TPSA) is 89.0 Å². The molecule has 1 saturated heterocycles. The van der Waals surface area contributed by atoms with Gasteiger partial charge in [0.25, 0.3) is 5.78 Å². The molecule has 0 spiro atoms. The third-order valence-corrected chi connectivity index (χ3v) is 7.60. The number of rotatable bonds is 6. The number of benzene rings is 3. The van der Waals surface area contributed by atoms with Crippen molar-refractivity contribution in [2.75, 3.05) is 18.6 Å². The monoisotopic (exact) mass is 612 g/mol. The molecule has 1 N–H and O–H groups in total. The van der Waals surface area contributed by atoms with E-state index in [9.17, 15) is 14.7 Å². The van der Waals surface area contributed by atoms with E-state index in [1.807, 2.05) is 43.3 Å². The Kier molecular flexibility index (Phi) is 6.67. The fourth-order valence-corrected chi connectivity index (χ4v) is 5.52. The summed E-state index contributed by atoms with van der Waals surface area (Å²) in [6, 6.07) is 18.9. The number of amides is 1. The normalized spacial score (nSPS) is 17.1. The second kappa shape index (κ2) is 9.90. The summed E-state index contributed by atoms with van der Waals surface area (Å²) in [6.45, 7) is 2.39. The quantitative estimate of drug-likeness (QED) is 0.126. The zero-order chi connectivity index (χ0) is 25.4. The average molecular weight is 612 g/mol. The highest BCUT2D eigenvalue weighted by Crippen LogP contribution is 2.44. The number of thiazole rings is 1. The molecule has 1 amide bonds. The smallest absolute Gasteiger partial charge is 0.301 e. The predicted molar refractivity (Wildman–Crippen MR) is 148 cm³/mol. The first-order valence-corrected chi connectivity index (χ1v) is 13.0. The third kappa shape index (κ3) is 4.33. The van der Waals surface area contributed by atoms with E-state index in [4.69, 9.17) is 9.47 Å². The Bertz CT molecular complexity index is 1500. The maximum absolute atomic E-state index is 13.4. The number of aromatic nitrogens is 1. The van der Waals surface area contributed by atoms with Crippen molar-refractivity contribution in [2.45, 2.75) is 13.0 Å². The zero-order valence-electron chi connectivity index (χ0n) is 19.4. The lowest BCUT2D eigenvalue weighted by Crippen LogP contribution is -2.29. The number of halogens is 1. The molecule has 2 heterocycles. The Morgan fingerprint density at radius 2 is 1.75 bits per heavy atom. The van der Waals surface area contributed by atoms with Gasteiger partial charge in [-0.3, -0.25) is 14.5 Å². The summed E-state index contributed by atoms with van der Waals surface area (Å²) in [5.74, 6) is -0.429. The van der Waals surface area contributed by atoms with E-state index in [1.54, 1.807) is 37.4 Å². The van der Waals surface area contributed by atoms with Crippen LogP contribution in [0.15, 0.2) is 72.3 Å². The van der Waals surface area contributed by atoms with Crippen molar-refractivity contribution in [1.29, 1.82) is 0 Å². The van der Waals surface area contributed by atoms with Gasteiger partial charge in [-0.05, 0) is 89.7 Å². The minimum absolute atomic E-state index is 0.0159. The van der Waals surface area contributed by atoms with Crippen molar-refractivity contribution in [2.24, 2.45) is 0 Å². The first-order chi connectivity index (χ1) is 17.4. The SMILES string of the molecule is CCOc1ccc(/C(O)=C2\C(=O)C(=O)N(c3nc4ccc(OC)cc4s3)C2c2ccc(I)cc2)cc1. The summed E-state index contributed by atoms with van der Waals surface area (Å²) in [5.41, 5.74) is 1.81. The van der Waals surface area contributed by atoms with Gasteiger partial charge in [0.2, 0.25) is 0 Å². The van der Waals surface area contributed by atoms with Crippen molar-refractivity contribution in [3.8, 4) is 11.5 Å². The van der Waals surface area contributed by atoms with Gasteiger partial charge in [-0.25, -0.2) is 4.98 Å². The van der Waals surface area contributed by atoms with Crippen molar-refractivity contribution in [3.05, 3.63) is 87.0 Å². The van der Waals surface area contributed by atoms with Crippen LogP contribution in [0.2, 0.25) is 0 Å². The van der Waals surface area contributed by atoms with Crippen LogP contribution in [0, 0.1) is 3.57 Å². The molecule has 7 nitrogen and oxygen atoms in total. The third-order valence-electron chi connectivity index (χ3n) is 5.86. The fraction of sp³-hybridized carbons (Fsp3) is 0.148. The number of carbonyl (C=O) groups excluding carboxylic acids is 2. The number of hydrogen-bond acceptors (Lipinski definition) is 7. The van der Waals surface area contributed by atoms with E-state index >= 15 is 0 Å². The number of aliphatic hydroxyl groups is 1. The molecule has 5 rings (SSSR count). The van der Waals surface area contributed by atoms with Crippen molar-refractivity contribution in [1.82, 2.24) is 4.98 Å². The highest BCUT2D eigenvalue weighted by molar-refractivity contribution is 14.1. The lowest BCUT2D eigenvalue weighted by molar-refractivity contribution is -0.132. The van der Waals surface area contributed by atoms with E-state index in [0.29, 0.717) is 39.9 Å². The van der Waals surface area contributed by atoms with E-state index in [-0.39, 0.29) is 11.3 Å². The maximum Gasteiger partial charge on any atom is 0.301 e. The molecule has 9 heteroatoms. The Morgan fingerprint density at radius 3 is 2.42 bits per heavy atom. The number of Topliss-reactive ketones (excluding diaryl/α,β-unsaturated/α-hetero) is 1. The minimum Gasteiger partial charge on any atom is -0.507 e. The molecule has 4 aromatic rings. The molecule has 0 radical (unpaired) electrons. The molecule has 1 unspecified atom stereocenters. The lowest BCUT2D eigenvalue weighted by Gasteiger charge is -2.23. The van der Waals surface area contributed by atoms with Crippen LogP contribution in [0.25, 0.3) is 16.0 Å². The fourth-order valence-electron chi connectivity index (χ4n) is 4.14.